The molecule has 0 amide bonds. The Labute approximate surface area is 140 Å². The minimum absolute atomic E-state index is 0.199. The summed E-state index contributed by atoms with van der Waals surface area (Å²) in [5, 5.41) is 0. The highest BCUT2D eigenvalue weighted by Gasteiger charge is 2.20. The van der Waals surface area contributed by atoms with Gasteiger partial charge >= 0.3 is 0 Å². The van der Waals surface area contributed by atoms with Crippen LogP contribution in [-0.2, 0) is 10.0 Å². The van der Waals surface area contributed by atoms with Gasteiger partial charge in [0.1, 0.15) is 9.50 Å². The number of nitrogens with zero attached hydrogens (tertiary/aromatic N) is 1. The van der Waals surface area contributed by atoms with E-state index >= 15 is 0 Å². The standard InChI is InChI=1S/C10H7Br3N2O2S2/c1-5-2-6(4-14-9(5)12)15-19(16,17)7-3-8(11)18-10(7)13/h2-4,15H,1H3. The van der Waals surface area contributed by atoms with Crippen molar-refractivity contribution in [3.05, 3.63) is 36.1 Å². The molecule has 0 unspecified atom stereocenters. The van der Waals surface area contributed by atoms with E-state index in [-0.39, 0.29) is 4.90 Å². The number of hydrogen-bond donors (Lipinski definition) is 1. The van der Waals surface area contributed by atoms with Gasteiger partial charge in [0, 0.05) is 0 Å². The molecule has 102 valence electrons. The van der Waals surface area contributed by atoms with Crippen LogP contribution < -0.4 is 4.72 Å². The Morgan fingerprint density at radius 3 is 2.47 bits per heavy atom. The molecule has 0 aromatic carbocycles. The van der Waals surface area contributed by atoms with Crippen LogP contribution in [0.1, 0.15) is 5.56 Å². The third-order valence-electron chi connectivity index (χ3n) is 2.18. The number of hydrogen-bond acceptors (Lipinski definition) is 4. The van der Waals surface area contributed by atoms with E-state index in [1.165, 1.54) is 17.5 Å². The minimum Gasteiger partial charge on any atom is -0.278 e. The number of halogens is 3. The van der Waals surface area contributed by atoms with E-state index in [2.05, 4.69) is 57.5 Å². The smallest absolute Gasteiger partial charge is 0.263 e. The molecule has 2 aromatic heterocycles. The van der Waals surface area contributed by atoms with Gasteiger partial charge in [0.15, 0.2) is 0 Å². The lowest BCUT2D eigenvalue weighted by Gasteiger charge is -2.08. The van der Waals surface area contributed by atoms with E-state index in [0.717, 1.165) is 9.35 Å². The summed E-state index contributed by atoms with van der Waals surface area (Å²) in [6.45, 7) is 1.84. The molecule has 0 bridgehead atoms. The van der Waals surface area contributed by atoms with Crippen LogP contribution in [0.25, 0.3) is 0 Å². The van der Waals surface area contributed by atoms with Gasteiger partial charge in [-0.1, -0.05) is 0 Å². The van der Waals surface area contributed by atoms with Gasteiger partial charge in [-0.3, -0.25) is 4.72 Å². The molecule has 1 N–H and O–H groups in total. The van der Waals surface area contributed by atoms with Gasteiger partial charge in [-0.25, -0.2) is 13.4 Å². The zero-order valence-electron chi connectivity index (χ0n) is 9.45. The number of anilines is 1. The average molecular weight is 491 g/mol. The predicted molar refractivity (Wildman–Crippen MR) is 87.2 cm³/mol. The average Bonchev–Trinajstić information content (AvgIpc) is 2.63. The normalized spacial score (nSPS) is 11.6. The van der Waals surface area contributed by atoms with Crippen LogP contribution in [0.5, 0.6) is 0 Å². The van der Waals surface area contributed by atoms with Crippen LogP contribution >= 0.6 is 59.1 Å². The Morgan fingerprint density at radius 1 is 1.26 bits per heavy atom. The van der Waals surface area contributed by atoms with Gasteiger partial charge in [0.05, 0.1) is 19.5 Å². The highest BCUT2D eigenvalue weighted by molar-refractivity contribution is 9.12. The molecule has 0 radical (unpaired) electrons. The van der Waals surface area contributed by atoms with Crippen molar-refractivity contribution in [2.75, 3.05) is 4.72 Å². The third kappa shape index (κ3) is 3.57. The Morgan fingerprint density at radius 2 is 1.95 bits per heavy atom. The molecule has 0 fully saturated rings. The number of thiophene rings is 1. The molecule has 9 heteroatoms. The van der Waals surface area contributed by atoms with Gasteiger partial charge < -0.3 is 0 Å². The van der Waals surface area contributed by atoms with Crippen LogP contribution in [0, 0.1) is 6.92 Å². The Hall–Kier alpha value is 0.0400. The van der Waals surface area contributed by atoms with E-state index in [0.29, 0.717) is 14.1 Å². The van der Waals surface area contributed by atoms with Gasteiger partial charge in [-0.2, -0.15) is 0 Å². The summed E-state index contributed by atoms with van der Waals surface area (Å²) in [6, 6.07) is 3.26. The number of sulfonamides is 1. The van der Waals surface area contributed by atoms with E-state index in [1.807, 2.05) is 6.92 Å². The van der Waals surface area contributed by atoms with Crippen LogP contribution in [0.15, 0.2) is 35.4 Å². The molecule has 4 nitrogen and oxygen atoms in total. The molecule has 2 rings (SSSR count). The number of aryl methyl sites for hydroxylation is 1. The summed E-state index contributed by atoms with van der Waals surface area (Å²) >= 11 is 11.1. The van der Waals surface area contributed by atoms with Gasteiger partial charge in [-0.15, -0.1) is 11.3 Å². The molecule has 0 saturated carbocycles. The monoisotopic (exact) mass is 488 g/mol. The number of rotatable bonds is 3. The second-order valence-corrected chi connectivity index (χ2v) is 9.78. The second kappa shape index (κ2) is 5.80. The summed E-state index contributed by atoms with van der Waals surface area (Å²) in [4.78, 5) is 4.25. The predicted octanol–water partition coefficient (Wildman–Crippen LogP) is 4.54. The Balaban J connectivity index is 2.36. The first-order valence-electron chi connectivity index (χ1n) is 4.89. The molecule has 0 aliphatic carbocycles. The largest absolute Gasteiger partial charge is 0.278 e. The van der Waals surface area contributed by atoms with Crippen molar-refractivity contribution in [1.82, 2.24) is 4.98 Å². The van der Waals surface area contributed by atoms with Crippen LogP contribution in [0.4, 0.5) is 5.69 Å². The Kier molecular flexibility index (Phi) is 4.71. The first-order chi connectivity index (χ1) is 8.79. The number of aromatic nitrogens is 1. The third-order valence-corrected chi connectivity index (χ3v) is 7.15. The lowest BCUT2D eigenvalue weighted by molar-refractivity contribution is 0.601. The first kappa shape index (κ1) is 15.4. The lowest BCUT2D eigenvalue weighted by Crippen LogP contribution is -2.13. The van der Waals surface area contributed by atoms with Crippen molar-refractivity contribution in [3.63, 3.8) is 0 Å². The molecular formula is C10H7Br3N2O2S2. The zero-order chi connectivity index (χ0) is 14.2. The van der Waals surface area contributed by atoms with E-state index in [1.54, 1.807) is 12.1 Å². The molecule has 0 atom stereocenters. The molecule has 0 spiro atoms. The quantitative estimate of drug-likeness (QED) is 0.642. The maximum atomic E-state index is 12.2. The summed E-state index contributed by atoms with van der Waals surface area (Å²) in [5.41, 5.74) is 1.28. The van der Waals surface area contributed by atoms with Crippen molar-refractivity contribution >= 4 is 74.8 Å². The minimum atomic E-state index is -3.62. The molecule has 19 heavy (non-hydrogen) atoms. The van der Waals surface area contributed by atoms with Gasteiger partial charge in [0.2, 0.25) is 0 Å². The van der Waals surface area contributed by atoms with Gasteiger partial charge in [0.25, 0.3) is 10.0 Å². The fourth-order valence-electron chi connectivity index (χ4n) is 1.33. The van der Waals surface area contributed by atoms with E-state index in [4.69, 9.17) is 0 Å². The van der Waals surface area contributed by atoms with Crippen LogP contribution in [-0.4, -0.2) is 13.4 Å². The fraction of sp³-hybridized carbons (Fsp3) is 0.100. The molecule has 0 aliphatic heterocycles. The summed E-state index contributed by atoms with van der Waals surface area (Å²) < 4.78 is 29.0. The lowest BCUT2D eigenvalue weighted by atomic mass is 10.3. The van der Waals surface area contributed by atoms with Crippen molar-refractivity contribution in [3.8, 4) is 0 Å². The second-order valence-electron chi connectivity index (χ2n) is 3.63. The fourth-order valence-corrected chi connectivity index (χ4v) is 6.40. The number of pyridine rings is 1. The summed E-state index contributed by atoms with van der Waals surface area (Å²) in [6.07, 6.45) is 1.46. The molecule has 2 aromatic rings. The van der Waals surface area contributed by atoms with Crippen molar-refractivity contribution in [2.24, 2.45) is 0 Å². The maximum Gasteiger partial charge on any atom is 0.263 e. The summed E-state index contributed by atoms with van der Waals surface area (Å²) in [7, 11) is -3.62. The summed E-state index contributed by atoms with van der Waals surface area (Å²) in [5.74, 6) is 0. The maximum absolute atomic E-state index is 12.2. The highest BCUT2D eigenvalue weighted by atomic mass is 79.9. The molecule has 0 saturated heterocycles. The first-order valence-corrected chi connectivity index (χ1v) is 9.57. The molecular weight excluding hydrogens is 484 g/mol. The van der Waals surface area contributed by atoms with Crippen LogP contribution in [0.2, 0.25) is 0 Å². The van der Waals surface area contributed by atoms with E-state index in [9.17, 15) is 8.42 Å². The number of nitrogens with one attached hydrogen (secondary N) is 1. The topological polar surface area (TPSA) is 59.1 Å². The van der Waals surface area contributed by atoms with Crippen LogP contribution in [0.3, 0.4) is 0 Å². The zero-order valence-corrected chi connectivity index (χ0v) is 15.8. The Bertz CT molecular complexity index is 728. The molecule has 0 aliphatic rings. The van der Waals surface area contributed by atoms with Crippen molar-refractivity contribution in [1.29, 1.82) is 0 Å². The molecule has 2 heterocycles. The SMILES string of the molecule is Cc1cc(NS(=O)(=O)c2cc(Br)sc2Br)cnc1Br. The van der Waals surface area contributed by atoms with Crippen molar-refractivity contribution in [2.45, 2.75) is 11.8 Å². The van der Waals surface area contributed by atoms with E-state index < -0.39 is 10.0 Å². The van der Waals surface area contributed by atoms with Crippen molar-refractivity contribution < 1.29 is 8.42 Å². The van der Waals surface area contributed by atoms with Gasteiger partial charge in [-0.05, 0) is 72.4 Å². The highest BCUT2D eigenvalue weighted by Crippen LogP contribution is 2.35.